The first-order valence-electron chi connectivity index (χ1n) is 11.6. The van der Waals surface area contributed by atoms with Crippen LogP contribution in [0.3, 0.4) is 0 Å². The first-order valence-corrected chi connectivity index (χ1v) is 12.0. The van der Waals surface area contributed by atoms with E-state index in [1.807, 2.05) is 24.3 Å². The number of hydrogen-bond acceptors (Lipinski definition) is 2. The van der Waals surface area contributed by atoms with Crippen LogP contribution >= 0.6 is 11.6 Å². The van der Waals surface area contributed by atoms with E-state index in [2.05, 4.69) is 91.0 Å². The van der Waals surface area contributed by atoms with Gasteiger partial charge in [0.25, 0.3) is 0 Å². The molecule has 0 radical (unpaired) electrons. The van der Waals surface area contributed by atoms with Gasteiger partial charge in [-0.05, 0) is 58.6 Å². The molecular formula is C32H19ClN2. The molecule has 0 bridgehead atoms. The van der Waals surface area contributed by atoms with Gasteiger partial charge in [-0.25, -0.2) is 9.97 Å². The molecule has 3 heteroatoms. The third-order valence-electron chi connectivity index (χ3n) is 6.68. The van der Waals surface area contributed by atoms with Gasteiger partial charge in [-0.2, -0.15) is 0 Å². The highest BCUT2D eigenvalue weighted by atomic mass is 35.5. The molecule has 2 nitrogen and oxygen atoms in total. The molecule has 164 valence electrons. The van der Waals surface area contributed by atoms with Crippen molar-refractivity contribution in [2.45, 2.75) is 0 Å². The standard InChI is InChI=1S/C32H19ClN2/c33-24-12-15-30-27(19-24)25-13-17-29-26(31(25)32(35-30)21-7-2-1-3-8-21)14-16-28(34-29)23-11-10-20-6-4-5-9-22(20)18-23/h1-19H. The molecule has 2 heterocycles. The number of fused-ring (bicyclic) bond motifs is 6. The third kappa shape index (κ3) is 3.34. The molecule has 0 aliphatic rings. The van der Waals surface area contributed by atoms with E-state index in [0.29, 0.717) is 5.02 Å². The molecule has 0 saturated carbocycles. The molecule has 5 aromatic carbocycles. The zero-order chi connectivity index (χ0) is 23.4. The summed E-state index contributed by atoms with van der Waals surface area (Å²) < 4.78 is 0. The van der Waals surface area contributed by atoms with Crippen LogP contribution in [0.15, 0.2) is 115 Å². The van der Waals surface area contributed by atoms with Gasteiger partial charge >= 0.3 is 0 Å². The summed E-state index contributed by atoms with van der Waals surface area (Å²) in [7, 11) is 0. The van der Waals surface area contributed by atoms with Crippen molar-refractivity contribution in [1.29, 1.82) is 0 Å². The van der Waals surface area contributed by atoms with Gasteiger partial charge in [-0.3, -0.25) is 0 Å². The quantitative estimate of drug-likeness (QED) is 0.237. The molecule has 2 aromatic heterocycles. The van der Waals surface area contributed by atoms with Gasteiger partial charge in [0.15, 0.2) is 0 Å². The fourth-order valence-electron chi connectivity index (χ4n) is 5.00. The molecule has 35 heavy (non-hydrogen) atoms. The van der Waals surface area contributed by atoms with Crippen LogP contribution in [0.4, 0.5) is 0 Å². The first kappa shape index (κ1) is 20.1. The third-order valence-corrected chi connectivity index (χ3v) is 6.92. The van der Waals surface area contributed by atoms with Gasteiger partial charge in [0.2, 0.25) is 0 Å². The maximum atomic E-state index is 6.38. The number of halogens is 1. The van der Waals surface area contributed by atoms with E-state index in [0.717, 1.165) is 55.1 Å². The Hall–Kier alpha value is -4.27. The number of nitrogens with zero attached hydrogens (tertiary/aromatic N) is 2. The fourth-order valence-corrected chi connectivity index (χ4v) is 5.17. The highest BCUT2D eigenvalue weighted by Gasteiger charge is 2.15. The SMILES string of the molecule is Clc1ccc2nc(-c3ccccc3)c3c4ccc(-c5ccc6ccccc6c5)nc4ccc3c2c1. The highest BCUT2D eigenvalue weighted by Crippen LogP contribution is 2.38. The Morgan fingerprint density at radius 2 is 1.23 bits per heavy atom. The lowest BCUT2D eigenvalue weighted by Gasteiger charge is -2.13. The van der Waals surface area contributed by atoms with Crippen molar-refractivity contribution >= 4 is 55.0 Å². The van der Waals surface area contributed by atoms with Crippen LogP contribution in [0.2, 0.25) is 5.02 Å². The monoisotopic (exact) mass is 466 g/mol. The van der Waals surface area contributed by atoms with Crippen molar-refractivity contribution in [3.63, 3.8) is 0 Å². The van der Waals surface area contributed by atoms with E-state index in [9.17, 15) is 0 Å². The molecule has 0 spiro atoms. The molecule has 0 aliphatic carbocycles. The maximum absolute atomic E-state index is 6.38. The van der Waals surface area contributed by atoms with Crippen molar-refractivity contribution < 1.29 is 0 Å². The predicted molar refractivity (Wildman–Crippen MR) is 148 cm³/mol. The summed E-state index contributed by atoms with van der Waals surface area (Å²) in [5.41, 5.74) is 5.99. The summed E-state index contributed by atoms with van der Waals surface area (Å²) in [4.78, 5) is 10.2. The summed E-state index contributed by atoms with van der Waals surface area (Å²) >= 11 is 6.38. The van der Waals surface area contributed by atoms with Gasteiger partial charge < -0.3 is 0 Å². The van der Waals surface area contributed by atoms with Gasteiger partial charge in [0.05, 0.1) is 22.4 Å². The predicted octanol–water partition coefficient (Wildman–Crippen LogP) is 9.08. The zero-order valence-electron chi connectivity index (χ0n) is 18.7. The minimum Gasteiger partial charge on any atom is -0.248 e. The average molecular weight is 467 g/mol. The highest BCUT2D eigenvalue weighted by molar-refractivity contribution is 6.32. The fraction of sp³-hybridized carbons (Fsp3) is 0. The second kappa shape index (κ2) is 7.90. The number of hydrogen-bond donors (Lipinski definition) is 0. The topological polar surface area (TPSA) is 25.8 Å². The van der Waals surface area contributed by atoms with Crippen LogP contribution in [-0.2, 0) is 0 Å². The Labute approximate surface area is 207 Å². The van der Waals surface area contributed by atoms with E-state index in [-0.39, 0.29) is 0 Å². The summed E-state index contributed by atoms with van der Waals surface area (Å²) in [6, 6.07) is 39.7. The normalized spacial score (nSPS) is 11.6. The van der Waals surface area contributed by atoms with Gasteiger partial charge in [0.1, 0.15) is 0 Å². The van der Waals surface area contributed by atoms with E-state index < -0.39 is 0 Å². The minimum absolute atomic E-state index is 0.706. The van der Waals surface area contributed by atoms with Crippen molar-refractivity contribution in [2.24, 2.45) is 0 Å². The summed E-state index contributed by atoms with van der Waals surface area (Å²) in [5.74, 6) is 0. The van der Waals surface area contributed by atoms with Crippen molar-refractivity contribution in [1.82, 2.24) is 9.97 Å². The largest absolute Gasteiger partial charge is 0.248 e. The zero-order valence-corrected chi connectivity index (χ0v) is 19.5. The lowest BCUT2D eigenvalue weighted by molar-refractivity contribution is 1.40. The Kier molecular flexibility index (Phi) is 4.54. The molecule has 0 atom stereocenters. The summed E-state index contributed by atoms with van der Waals surface area (Å²) in [6.07, 6.45) is 0. The molecule has 0 saturated heterocycles. The summed E-state index contributed by atoms with van der Waals surface area (Å²) in [6.45, 7) is 0. The maximum Gasteiger partial charge on any atom is 0.0794 e. The Bertz CT molecular complexity index is 1910. The molecule has 0 fully saturated rings. The van der Waals surface area contributed by atoms with Crippen molar-refractivity contribution in [3.8, 4) is 22.5 Å². The van der Waals surface area contributed by atoms with Crippen LogP contribution in [0.5, 0.6) is 0 Å². The lowest BCUT2D eigenvalue weighted by atomic mass is 9.96. The number of pyridine rings is 2. The number of benzene rings is 5. The van der Waals surface area contributed by atoms with Crippen LogP contribution < -0.4 is 0 Å². The second-order valence-corrected chi connectivity index (χ2v) is 9.24. The Morgan fingerprint density at radius 3 is 2.11 bits per heavy atom. The van der Waals surface area contributed by atoms with E-state index >= 15 is 0 Å². The van der Waals surface area contributed by atoms with E-state index in [1.54, 1.807) is 0 Å². The molecule has 7 aromatic rings. The average Bonchev–Trinajstić information content (AvgIpc) is 2.92. The molecular weight excluding hydrogens is 448 g/mol. The lowest BCUT2D eigenvalue weighted by Crippen LogP contribution is -1.93. The molecule has 0 aliphatic heterocycles. The molecule has 0 unspecified atom stereocenters. The van der Waals surface area contributed by atoms with Crippen LogP contribution in [0, 0.1) is 0 Å². The van der Waals surface area contributed by atoms with Gasteiger partial charge in [-0.15, -0.1) is 0 Å². The smallest absolute Gasteiger partial charge is 0.0794 e. The Morgan fingerprint density at radius 1 is 0.486 bits per heavy atom. The second-order valence-electron chi connectivity index (χ2n) is 8.80. The van der Waals surface area contributed by atoms with Gasteiger partial charge in [0, 0.05) is 32.3 Å². The molecule has 0 amide bonds. The summed E-state index contributed by atoms with van der Waals surface area (Å²) in [5, 5.41) is 7.51. The van der Waals surface area contributed by atoms with Crippen molar-refractivity contribution in [2.75, 3.05) is 0 Å². The van der Waals surface area contributed by atoms with Crippen molar-refractivity contribution in [3.05, 3.63) is 120 Å². The van der Waals surface area contributed by atoms with Crippen LogP contribution in [0.25, 0.3) is 65.9 Å². The van der Waals surface area contributed by atoms with Crippen LogP contribution in [0.1, 0.15) is 0 Å². The van der Waals surface area contributed by atoms with E-state index in [4.69, 9.17) is 21.6 Å². The number of rotatable bonds is 2. The minimum atomic E-state index is 0.706. The van der Waals surface area contributed by atoms with E-state index in [1.165, 1.54) is 10.8 Å². The molecule has 7 rings (SSSR count). The molecule has 0 N–H and O–H groups in total. The number of aromatic nitrogens is 2. The first-order chi connectivity index (χ1) is 17.2. The van der Waals surface area contributed by atoms with Gasteiger partial charge in [-0.1, -0.05) is 84.4 Å². The van der Waals surface area contributed by atoms with Crippen LogP contribution in [-0.4, -0.2) is 9.97 Å². The Balaban J connectivity index is 1.52.